The normalized spacial score (nSPS) is 51.0. The van der Waals surface area contributed by atoms with Crippen LogP contribution in [0.15, 0.2) is 11.6 Å². The standard InChI is InChI=1S/C30H48O4/c1-26(2)22-9-8-19-18(28(22,5)13-12-23(26)32)10-14-30(7)20(11-15-29(19,30)6)24-17(16-21(24)31)25(33)27(3,4)34/h8,17-18,20-22,24-25,31,33-34H,9-16H2,1-7H3/t17-,18+,20+,21+,22+,24-,25-,28-,29-,30+/m1/s1. The highest BCUT2D eigenvalue weighted by atomic mass is 16.3. The minimum Gasteiger partial charge on any atom is -0.393 e. The largest absolute Gasteiger partial charge is 0.393 e. The molecule has 4 saturated carbocycles. The summed E-state index contributed by atoms with van der Waals surface area (Å²) in [5.41, 5.74) is 0.609. The van der Waals surface area contributed by atoms with Gasteiger partial charge in [0, 0.05) is 11.8 Å². The fraction of sp³-hybridized carbons (Fsp3) is 0.900. The zero-order valence-electron chi connectivity index (χ0n) is 22.5. The maximum Gasteiger partial charge on any atom is 0.138 e. The van der Waals surface area contributed by atoms with Crippen molar-refractivity contribution in [3.63, 3.8) is 0 Å². The monoisotopic (exact) mass is 472 g/mol. The molecule has 4 nitrogen and oxygen atoms in total. The van der Waals surface area contributed by atoms with E-state index in [0.29, 0.717) is 36.4 Å². The molecule has 5 rings (SSSR count). The van der Waals surface area contributed by atoms with Gasteiger partial charge in [0.1, 0.15) is 5.78 Å². The van der Waals surface area contributed by atoms with E-state index in [1.807, 2.05) is 0 Å². The summed E-state index contributed by atoms with van der Waals surface area (Å²) >= 11 is 0. The van der Waals surface area contributed by atoms with Gasteiger partial charge in [0.2, 0.25) is 0 Å². The Morgan fingerprint density at radius 2 is 1.74 bits per heavy atom. The van der Waals surface area contributed by atoms with Crippen molar-refractivity contribution in [1.29, 1.82) is 0 Å². The summed E-state index contributed by atoms with van der Waals surface area (Å²) in [6.45, 7) is 15.2. The third-order valence-electron chi connectivity index (χ3n) is 12.7. The lowest BCUT2D eigenvalue weighted by Gasteiger charge is -2.64. The van der Waals surface area contributed by atoms with Crippen molar-refractivity contribution < 1.29 is 20.1 Å². The van der Waals surface area contributed by atoms with Crippen LogP contribution in [0.1, 0.15) is 99.8 Å². The molecule has 3 N–H and O–H groups in total. The fourth-order valence-electron chi connectivity index (χ4n) is 10.3. The molecule has 0 radical (unpaired) electrons. The van der Waals surface area contributed by atoms with E-state index in [9.17, 15) is 20.1 Å². The molecule has 0 saturated heterocycles. The summed E-state index contributed by atoms with van der Waals surface area (Å²) in [7, 11) is 0. The summed E-state index contributed by atoms with van der Waals surface area (Å²) in [5, 5.41) is 32.3. The second-order valence-corrected chi connectivity index (χ2v) is 14.7. The van der Waals surface area contributed by atoms with Crippen LogP contribution in [0.3, 0.4) is 0 Å². The topological polar surface area (TPSA) is 77.8 Å². The molecule has 0 amide bonds. The van der Waals surface area contributed by atoms with Crippen molar-refractivity contribution in [2.45, 2.75) is 118 Å². The predicted molar refractivity (Wildman–Crippen MR) is 134 cm³/mol. The van der Waals surface area contributed by atoms with Gasteiger partial charge >= 0.3 is 0 Å². The van der Waals surface area contributed by atoms with Crippen LogP contribution in [0.25, 0.3) is 0 Å². The van der Waals surface area contributed by atoms with Gasteiger partial charge in [-0.15, -0.1) is 0 Å². The van der Waals surface area contributed by atoms with Crippen LogP contribution in [0.5, 0.6) is 0 Å². The minimum atomic E-state index is -1.15. The number of rotatable bonds is 3. The number of fused-ring (bicyclic) bond motifs is 5. The molecule has 0 aliphatic heterocycles. The Hall–Kier alpha value is -0.710. The zero-order chi connectivity index (χ0) is 25.1. The van der Waals surface area contributed by atoms with E-state index in [1.54, 1.807) is 19.4 Å². The molecule has 0 heterocycles. The molecule has 0 aromatic carbocycles. The van der Waals surface area contributed by atoms with Crippen molar-refractivity contribution in [2.75, 3.05) is 0 Å². The molecule has 0 bridgehead atoms. The highest BCUT2D eigenvalue weighted by Crippen LogP contribution is 2.74. The molecule has 0 unspecified atom stereocenters. The van der Waals surface area contributed by atoms with E-state index in [2.05, 4.69) is 40.7 Å². The van der Waals surface area contributed by atoms with Crippen molar-refractivity contribution in [3.05, 3.63) is 11.6 Å². The summed E-state index contributed by atoms with van der Waals surface area (Å²) in [6, 6.07) is 0. The van der Waals surface area contributed by atoms with Gasteiger partial charge in [-0.1, -0.05) is 46.3 Å². The number of Topliss-reactive ketones (excluding diaryl/α,β-unsaturated/α-hetero) is 1. The highest BCUT2D eigenvalue weighted by molar-refractivity contribution is 5.85. The summed E-state index contributed by atoms with van der Waals surface area (Å²) in [4.78, 5) is 12.8. The van der Waals surface area contributed by atoms with E-state index in [4.69, 9.17) is 0 Å². The van der Waals surface area contributed by atoms with E-state index in [0.717, 1.165) is 38.5 Å². The number of carbonyl (C=O) groups is 1. The molecular weight excluding hydrogens is 424 g/mol. The van der Waals surface area contributed by atoms with Crippen molar-refractivity contribution >= 4 is 5.78 Å². The number of ketones is 1. The number of carbonyl (C=O) groups excluding carboxylic acids is 1. The first kappa shape index (κ1) is 25.0. The number of hydrogen-bond donors (Lipinski definition) is 3. The molecule has 10 atom stereocenters. The molecule has 0 aromatic heterocycles. The second-order valence-electron chi connectivity index (χ2n) is 14.7. The first-order chi connectivity index (χ1) is 15.6. The van der Waals surface area contributed by atoms with Crippen LogP contribution in [0, 0.1) is 51.2 Å². The van der Waals surface area contributed by atoms with Crippen LogP contribution >= 0.6 is 0 Å². The highest BCUT2D eigenvalue weighted by Gasteiger charge is 2.67. The smallest absolute Gasteiger partial charge is 0.138 e. The quantitative estimate of drug-likeness (QED) is 0.488. The Kier molecular flexibility index (Phi) is 5.44. The third kappa shape index (κ3) is 3.03. The predicted octanol–water partition coefficient (Wildman–Crippen LogP) is 5.29. The molecule has 0 spiro atoms. The molecule has 5 aliphatic rings. The van der Waals surface area contributed by atoms with E-state index in [-0.39, 0.29) is 39.6 Å². The van der Waals surface area contributed by atoms with Crippen molar-refractivity contribution in [2.24, 2.45) is 51.2 Å². The first-order valence-corrected chi connectivity index (χ1v) is 13.9. The summed E-state index contributed by atoms with van der Waals surface area (Å²) in [6.07, 6.45) is 9.19. The Morgan fingerprint density at radius 1 is 1.06 bits per heavy atom. The van der Waals surface area contributed by atoms with E-state index < -0.39 is 11.7 Å². The van der Waals surface area contributed by atoms with Crippen molar-refractivity contribution in [3.8, 4) is 0 Å². The van der Waals surface area contributed by atoms with Gasteiger partial charge in [-0.3, -0.25) is 4.79 Å². The van der Waals surface area contributed by atoms with Gasteiger partial charge in [-0.05, 0) is 105 Å². The van der Waals surface area contributed by atoms with Gasteiger partial charge in [0.15, 0.2) is 0 Å². The Morgan fingerprint density at radius 3 is 2.35 bits per heavy atom. The molecule has 192 valence electrons. The first-order valence-electron chi connectivity index (χ1n) is 13.9. The van der Waals surface area contributed by atoms with Gasteiger partial charge < -0.3 is 15.3 Å². The van der Waals surface area contributed by atoms with Crippen LogP contribution in [-0.2, 0) is 4.79 Å². The van der Waals surface area contributed by atoms with Crippen LogP contribution < -0.4 is 0 Å². The van der Waals surface area contributed by atoms with Gasteiger partial charge in [0.25, 0.3) is 0 Å². The van der Waals surface area contributed by atoms with Gasteiger partial charge in [-0.2, -0.15) is 0 Å². The molecule has 34 heavy (non-hydrogen) atoms. The maximum atomic E-state index is 12.8. The Bertz CT molecular complexity index is 898. The molecule has 4 fully saturated rings. The zero-order valence-corrected chi connectivity index (χ0v) is 22.5. The lowest BCUT2D eigenvalue weighted by molar-refractivity contribution is -0.182. The second kappa shape index (κ2) is 7.42. The number of allylic oxidation sites excluding steroid dienone is 2. The summed E-state index contributed by atoms with van der Waals surface area (Å²) < 4.78 is 0. The Balaban J connectivity index is 1.48. The van der Waals surface area contributed by atoms with Crippen LogP contribution in [-0.4, -0.2) is 38.9 Å². The lowest BCUT2D eigenvalue weighted by atomic mass is 9.40. The molecule has 5 aliphatic carbocycles. The average molecular weight is 473 g/mol. The number of aliphatic hydroxyl groups is 3. The minimum absolute atomic E-state index is 0.0377. The molecular formula is C30H48O4. The maximum absolute atomic E-state index is 12.8. The molecule has 4 heteroatoms. The fourth-order valence-corrected chi connectivity index (χ4v) is 10.3. The summed E-state index contributed by atoms with van der Waals surface area (Å²) in [5.74, 6) is 1.78. The van der Waals surface area contributed by atoms with E-state index >= 15 is 0 Å². The number of aliphatic hydroxyl groups excluding tert-OH is 2. The van der Waals surface area contributed by atoms with Gasteiger partial charge in [0.05, 0.1) is 17.8 Å². The molecule has 0 aromatic rings. The lowest BCUT2D eigenvalue weighted by Crippen LogP contribution is -2.60. The van der Waals surface area contributed by atoms with E-state index in [1.165, 1.54) is 0 Å². The Labute approximate surface area is 206 Å². The van der Waals surface area contributed by atoms with Crippen LogP contribution in [0.2, 0.25) is 0 Å². The number of hydrogen-bond acceptors (Lipinski definition) is 4. The van der Waals surface area contributed by atoms with Crippen LogP contribution in [0.4, 0.5) is 0 Å². The average Bonchev–Trinajstić information content (AvgIpc) is 3.00. The third-order valence-corrected chi connectivity index (χ3v) is 12.7. The SMILES string of the molecule is CC(C)(O)[C@H](O)[C@@H]1C[C@H](O)[C@H]1[C@@H]1CC[C@]2(C)C3=CC[C@H]4C(C)(C)C(=O)CC[C@]4(C)[C@H]3CC[C@@]12C. The van der Waals surface area contributed by atoms with Gasteiger partial charge in [-0.25, -0.2) is 0 Å². The van der Waals surface area contributed by atoms with Crippen molar-refractivity contribution in [1.82, 2.24) is 0 Å².